The first kappa shape index (κ1) is 17.1. The third-order valence-corrected chi connectivity index (χ3v) is 4.33. The standard InChI is InChI=1S/C21H20N2O4/c1-3-25-21(24)16-12-22-17-6-4-13(2)10-15(17)20(16)23-14-5-7-18-19(11-14)27-9-8-26-18/h4-7,10-12H,3,8-9H2,1-2H3,(H,22,23). The molecule has 0 amide bonds. The first-order valence-electron chi connectivity index (χ1n) is 8.89. The molecule has 1 aromatic heterocycles. The van der Waals surface area contributed by atoms with Gasteiger partial charge < -0.3 is 19.5 Å². The molecule has 0 radical (unpaired) electrons. The molecule has 0 fully saturated rings. The Bertz CT molecular complexity index is 1020. The fourth-order valence-electron chi connectivity index (χ4n) is 3.07. The highest BCUT2D eigenvalue weighted by atomic mass is 16.6. The van der Waals surface area contributed by atoms with Crippen LogP contribution in [0.25, 0.3) is 10.9 Å². The number of pyridine rings is 1. The quantitative estimate of drug-likeness (QED) is 0.699. The number of hydrogen-bond donors (Lipinski definition) is 1. The van der Waals surface area contributed by atoms with E-state index in [-0.39, 0.29) is 0 Å². The van der Waals surface area contributed by atoms with Gasteiger partial charge in [-0.2, -0.15) is 0 Å². The zero-order chi connectivity index (χ0) is 18.8. The molecule has 0 aliphatic carbocycles. The first-order valence-corrected chi connectivity index (χ1v) is 8.89. The highest BCUT2D eigenvalue weighted by Crippen LogP contribution is 2.36. The van der Waals surface area contributed by atoms with Gasteiger partial charge in [0.05, 0.1) is 17.8 Å². The van der Waals surface area contributed by atoms with E-state index < -0.39 is 5.97 Å². The highest BCUT2D eigenvalue weighted by Gasteiger charge is 2.18. The lowest BCUT2D eigenvalue weighted by Gasteiger charge is -2.20. The molecule has 1 aliphatic rings. The van der Waals surface area contributed by atoms with Crippen LogP contribution in [-0.2, 0) is 4.74 Å². The zero-order valence-electron chi connectivity index (χ0n) is 15.2. The average molecular weight is 364 g/mol. The number of fused-ring (bicyclic) bond motifs is 2. The van der Waals surface area contributed by atoms with Crippen LogP contribution in [0, 0.1) is 6.92 Å². The lowest BCUT2D eigenvalue weighted by Crippen LogP contribution is -2.15. The predicted octanol–water partition coefficient (Wildman–Crippen LogP) is 4.23. The number of nitrogens with one attached hydrogen (secondary N) is 1. The minimum absolute atomic E-state index is 0.300. The molecule has 2 aromatic carbocycles. The topological polar surface area (TPSA) is 69.7 Å². The Morgan fingerprint density at radius 2 is 1.96 bits per heavy atom. The Labute approximate surface area is 157 Å². The molecule has 27 heavy (non-hydrogen) atoms. The molecule has 4 rings (SSSR count). The summed E-state index contributed by atoms with van der Waals surface area (Å²) in [7, 11) is 0. The minimum Gasteiger partial charge on any atom is -0.486 e. The summed E-state index contributed by atoms with van der Waals surface area (Å²) in [5.41, 5.74) is 3.73. The first-order chi connectivity index (χ1) is 13.2. The summed E-state index contributed by atoms with van der Waals surface area (Å²) in [6, 6.07) is 11.6. The van der Waals surface area contributed by atoms with Gasteiger partial charge in [0, 0.05) is 23.3 Å². The van der Waals surface area contributed by atoms with Gasteiger partial charge in [-0.05, 0) is 38.1 Å². The summed E-state index contributed by atoms with van der Waals surface area (Å²) in [6.07, 6.45) is 1.55. The summed E-state index contributed by atoms with van der Waals surface area (Å²) in [4.78, 5) is 16.9. The molecule has 138 valence electrons. The maximum absolute atomic E-state index is 12.5. The van der Waals surface area contributed by atoms with Crippen LogP contribution in [0.2, 0.25) is 0 Å². The Hall–Kier alpha value is -3.28. The van der Waals surface area contributed by atoms with Crippen LogP contribution < -0.4 is 14.8 Å². The van der Waals surface area contributed by atoms with Crippen LogP contribution in [0.1, 0.15) is 22.8 Å². The molecule has 0 unspecified atom stereocenters. The van der Waals surface area contributed by atoms with Crippen LogP contribution >= 0.6 is 0 Å². The van der Waals surface area contributed by atoms with E-state index >= 15 is 0 Å². The van der Waals surface area contributed by atoms with Crippen molar-refractivity contribution in [1.82, 2.24) is 4.98 Å². The van der Waals surface area contributed by atoms with Gasteiger partial charge in [0.2, 0.25) is 0 Å². The summed E-state index contributed by atoms with van der Waals surface area (Å²) in [6.45, 7) is 5.14. The smallest absolute Gasteiger partial charge is 0.341 e. The van der Waals surface area contributed by atoms with E-state index in [0.717, 1.165) is 22.2 Å². The molecule has 1 aliphatic heterocycles. The van der Waals surface area contributed by atoms with E-state index in [9.17, 15) is 4.79 Å². The lowest BCUT2D eigenvalue weighted by atomic mass is 10.1. The maximum Gasteiger partial charge on any atom is 0.341 e. The van der Waals surface area contributed by atoms with Gasteiger partial charge in [-0.3, -0.25) is 4.98 Å². The number of carbonyl (C=O) groups excluding carboxylic acids is 1. The normalized spacial score (nSPS) is 12.7. The molecule has 0 saturated carbocycles. The van der Waals surface area contributed by atoms with E-state index in [0.29, 0.717) is 42.6 Å². The molecule has 1 N–H and O–H groups in total. The number of anilines is 2. The fourth-order valence-corrected chi connectivity index (χ4v) is 3.07. The monoisotopic (exact) mass is 364 g/mol. The molecule has 0 atom stereocenters. The van der Waals surface area contributed by atoms with Crippen molar-refractivity contribution in [2.24, 2.45) is 0 Å². The Balaban J connectivity index is 1.81. The van der Waals surface area contributed by atoms with E-state index in [1.165, 1.54) is 0 Å². The van der Waals surface area contributed by atoms with E-state index in [2.05, 4.69) is 10.3 Å². The minimum atomic E-state index is -0.409. The highest BCUT2D eigenvalue weighted by molar-refractivity contribution is 6.06. The molecule has 0 saturated heterocycles. The van der Waals surface area contributed by atoms with Crippen LogP contribution in [0.3, 0.4) is 0 Å². The third kappa shape index (κ3) is 3.38. The van der Waals surface area contributed by atoms with Gasteiger partial charge in [0.1, 0.15) is 18.8 Å². The van der Waals surface area contributed by atoms with Gasteiger partial charge in [0.15, 0.2) is 11.5 Å². The number of benzene rings is 2. The SMILES string of the molecule is CCOC(=O)c1cnc2ccc(C)cc2c1Nc1ccc2c(c1)OCCO2. The molecule has 2 heterocycles. The number of aryl methyl sites for hydroxylation is 1. The molecule has 0 bridgehead atoms. The number of carbonyl (C=O) groups is 1. The molecule has 3 aromatic rings. The molecule has 0 spiro atoms. The summed E-state index contributed by atoms with van der Waals surface area (Å²) < 4.78 is 16.4. The van der Waals surface area contributed by atoms with Gasteiger partial charge >= 0.3 is 5.97 Å². The Morgan fingerprint density at radius 1 is 1.15 bits per heavy atom. The van der Waals surface area contributed by atoms with Crippen molar-refractivity contribution < 1.29 is 19.0 Å². The van der Waals surface area contributed by atoms with E-state index in [1.54, 1.807) is 13.1 Å². The van der Waals surface area contributed by atoms with Crippen molar-refractivity contribution >= 4 is 28.2 Å². The molecule has 6 heteroatoms. The van der Waals surface area contributed by atoms with Gasteiger partial charge in [-0.25, -0.2) is 4.79 Å². The second-order valence-electron chi connectivity index (χ2n) is 6.27. The van der Waals surface area contributed by atoms with Gasteiger partial charge in [-0.15, -0.1) is 0 Å². The van der Waals surface area contributed by atoms with Crippen molar-refractivity contribution in [2.75, 3.05) is 25.1 Å². The van der Waals surface area contributed by atoms with Crippen LogP contribution in [0.15, 0.2) is 42.6 Å². The van der Waals surface area contributed by atoms with Crippen LogP contribution in [0.4, 0.5) is 11.4 Å². The molecule has 6 nitrogen and oxygen atoms in total. The average Bonchev–Trinajstić information content (AvgIpc) is 2.68. The van der Waals surface area contributed by atoms with Crippen molar-refractivity contribution in [3.05, 3.63) is 53.7 Å². The Kier molecular flexibility index (Phi) is 4.54. The van der Waals surface area contributed by atoms with E-state index in [4.69, 9.17) is 14.2 Å². The molecular weight excluding hydrogens is 344 g/mol. The van der Waals surface area contributed by atoms with Crippen molar-refractivity contribution in [3.63, 3.8) is 0 Å². The number of rotatable bonds is 4. The predicted molar refractivity (Wildman–Crippen MR) is 103 cm³/mol. The summed E-state index contributed by atoms with van der Waals surface area (Å²) >= 11 is 0. The summed E-state index contributed by atoms with van der Waals surface area (Å²) in [5, 5.41) is 4.21. The van der Waals surface area contributed by atoms with E-state index in [1.807, 2.05) is 43.3 Å². The van der Waals surface area contributed by atoms with Crippen molar-refractivity contribution in [3.8, 4) is 11.5 Å². The maximum atomic E-state index is 12.5. The zero-order valence-corrected chi connectivity index (χ0v) is 15.2. The van der Waals surface area contributed by atoms with Gasteiger partial charge in [0.25, 0.3) is 0 Å². The number of ether oxygens (including phenoxy) is 3. The molecular formula is C21H20N2O4. The van der Waals surface area contributed by atoms with Crippen molar-refractivity contribution in [1.29, 1.82) is 0 Å². The van der Waals surface area contributed by atoms with Gasteiger partial charge in [-0.1, -0.05) is 11.6 Å². The lowest BCUT2D eigenvalue weighted by molar-refractivity contribution is 0.0527. The number of aromatic nitrogens is 1. The number of nitrogens with zero attached hydrogens (tertiary/aromatic N) is 1. The largest absolute Gasteiger partial charge is 0.486 e. The third-order valence-electron chi connectivity index (χ3n) is 4.33. The second kappa shape index (κ2) is 7.15. The fraction of sp³-hybridized carbons (Fsp3) is 0.238. The van der Waals surface area contributed by atoms with Crippen LogP contribution in [0.5, 0.6) is 11.5 Å². The Morgan fingerprint density at radius 3 is 2.78 bits per heavy atom. The van der Waals surface area contributed by atoms with Crippen LogP contribution in [-0.4, -0.2) is 30.8 Å². The number of hydrogen-bond acceptors (Lipinski definition) is 6. The van der Waals surface area contributed by atoms with Crippen molar-refractivity contribution in [2.45, 2.75) is 13.8 Å². The number of esters is 1. The summed E-state index contributed by atoms with van der Waals surface area (Å²) in [5.74, 6) is 0.986. The second-order valence-corrected chi connectivity index (χ2v) is 6.27.